The van der Waals surface area contributed by atoms with Crippen LogP contribution in [0.2, 0.25) is 0 Å². The molecule has 3 nitrogen and oxygen atoms in total. The molecule has 5 heteroatoms. The lowest BCUT2D eigenvalue weighted by atomic mass is 9.34. The molecule has 49 heavy (non-hydrogen) atoms. The van der Waals surface area contributed by atoms with Crippen LogP contribution in [0, 0.1) is 13.8 Å². The van der Waals surface area contributed by atoms with E-state index < -0.39 is 0 Å². The molecule has 2 aliphatic heterocycles. The zero-order chi connectivity index (χ0) is 32.6. The number of fused-ring (bicyclic) bond motifs is 7. The maximum atomic E-state index is 6.94. The summed E-state index contributed by atoms with van der Waals surface area (Å²) in [6.45, 7) is 4.41. The minimum atomic E-state index is 0.0534. The van der Waals surface area contributed by atoms with E-state index in [0.29, 0.717) is 0 Å². The Labute approximate surface area is 290 Å². The molecule has 2 aliphatic rings. The summed E-state index contributed by atoms with van der Waals surface area (Å²) >= 11 is 1.86. The predicted octanol–water partition coefficient (Wildman–Crippen LogP) is 10.5. The molecule has 232 valence electrons. The van der Waals surface area contributed by atoms with E-state index in [-0.39, 0.29) is 6.71 Å². The van der Waals surface area contributed by atoms with Crippen LogP contribution >= 0.6 is 11.3 Å². The van der Waals surface area contributed by atoms with Crippen LogP contribution in [-0.2, 0) is 0 Å². The van der Waals surface area contributed by atoms with Crippen molar-refractivity contribution in [1.82, 2.24) is 0 Å². The van der Waals surface area contributed by atoms with Gasteiger partial charge >= 0.3 is 0 Å². The first-order chi connectivity index (χ1) is 24.1. The summed E-state index contributed by atoms with van der Waals surface area (Å²) in [5.74, 6) is 1.81. The van der Waals surface area contributed by atoms with E-state index in [1.54, 1.807) is 0 Å². The van der Waals surface area contributed by atoms with Crippen LogP contribution in [0.5, 0.6) is 11.5 Å². The Hall–Kier alpha value is -5.78. The largest absolute Gasteiger partial charge is 0.458 e. The highest BCUT2D eigenvalue weighted by atomic mass is 32.1. The molecule has 0 unspecified atom stereocenters. The number of nitrogens with zero attached hydrogens (tertiary/aromatic N) is 2. The molecule has 0 N–H and O–H groups in total. The van der Waals surface area contributed by atoms with Crippen molar-refractivity contribution in [2.75, 3.05) is 9.80 Å². The van der Waals surface area contributed by atoms with Crippen molar-refractivity contribution in [3.05, 3.63) is 163 Å². The van der Waals surface area contributed by atoms with Crippen molar-refractivity contribution in [1.29, 1.82) is 0 Å². The third-order valence-corrected chi connectivity index (χ3v) is 11.3. The Morgan fingerprint density at radius 3 is 2.24 bits per heavy atom. The van der Waals surface area contributed by atoms with E-state index in [0.717, 1.165) is 34.2 Å². The second-order valence-electron chi connectivity index (χ2n) is 13.1. The van der Waals surface area contributed by atoms with Gasteiger partial charge in [-0.1, -0.05) is 96.6 Å². The van der Waals surface area contributed by atoms with Gasteiger partial charge in [0, 0.05) is 50.0 Å². The number of hydrogen-bond donors (Lipinski definition) is 0. The molecule has 0 aliphatic carbocycles. The lowest BCUT2D eigenvalue weighted by Gasteiger charge is -2.41. The van der Waals surface area contributed by atoms with Gasteiger partial charge in [0.05, 0.1) is 10.4 Å². The van der Waals surface area contributed by atoms with Crippen LogP contribution in [0.4, 0.5) is 34.1 Å². The normalized spacial score (nSPS) is 12.8. The van der Waals surface area contributed by atoms with Crippen molar-refractivity contribution in [3.8, 4) is 11.5 Å². The van der Waals surface area contributed by atoms with Crippen molar-refractivity contribution in [2.24, 2.45) is 0 Å². The van der Waals surface area contributed by atoms with Gasteiger partial charge in [-0.05, 0) is 90.4 Å². The Morgan fingerprint density at radius 2 is 1.37 bits per heavy atom. The average molecular weight is 647 g/mol. The van der Waals surface area contributed by atoms with Crippen LogP contribution in [0.3, 0.4) is 0 Å². The van der Waals surface area contributed by atoms with Gasteiger partial charge in [0.2, 0.25) is 0 Å². The maximum Gasteiger partial charge on any atom is 0.256 e. The van der Waals surface area contributed by atoms with Gasteiger partial charge in [-0.3, -0.25) is 0 Å². The second-order valence-corrected chi connectivity index (χ2v) is 14.1. The monoisotopic (exact) mass is 646 g/mol. The van der Waals surface area contributed by atoms with Crippen LogP contribution in [-0.4, -0.2) is 6.71 Å². The molecule has 0 spiro atoms. The van der Waals surface area contributed by atoms with Crippen molar-refractivity contribution in [3.63, 3.8) is 0 Å². The number of ether oxygens (including phenoxy) is 1. The van der Waals surface area contributed by atoms with Gasteiger partial charge in [-0.25, -0.2) is 0 Å². The minimum Gasteiger partial charge on any atom is -0.458 e. The maximum absolute atomic E-state index is 6.94. The number of hydrogen-bond acceptors (Lipinski definition) is 4. The Morgan fingerprint density at radius 1 is 0.612 bits per heavy atom. The SMILES string of the molecule is Cc1ccc(N(c2ccc3c(c2)Oc2ccc(C)c4c2B3c2ccccc2N4c2ccccc2)c2cccc3c2sc2ccccc23)cc1. The molecule has 10 rings (SSSR count). The Balaban J connectivity index is 1.18. The molecule has 0 saturated carbocycles. The molecule has 0 saturated heterocycles. The molecule has 3 heterocycles. The molecule has 0 atom stereocenters. The predicted molar refractivity (Wildman–Crippen MR) is 209 cm³/mol. The van der Waals surface area contributed by atoms with Gasteiger partial charge in [0.25, 0.3) is 6.71 Å². The molecular formula is C44H31BN2OS. The quantitative estimate of drug-likeness (QED) is 0.177. The first-order valence-corrected chi connectivity index (χ1v) is 17.6. The number of aryl methyl sites for hydroxylation is 2. The highest BCUT2D eigenvalue weighted by molar-refractivity contribution is 7.26. The fraction of sp³-hybridized carbons (Fsp3) is 0.0455. The van der Waals surface area contributed by atoms with E-state index >= 15 is 0 Å². The smallest absolute Gasteiger partial charge is 0.256 e. The van der Waals surface area contributed by atoms with Crippen molar-refractivity contribution >= 4 is 88.7 Å². The van der Waals surface area contributed by atoms with E-state index in [4.69, 9.17) is 4.74 Å². The fourth-order valence-corrected chi connectivity index (χ4v) is 9.09. The van der Waals surface area contributed by atoms with Gasteiger partial charge in [0.1, 0.15) is 11.5 Å². The van der Waals surface area contributed by atoms with Gasteiger partial charge in [-0.15, -0.1) is 11.3 Å². The van der Waals surface area contributed by atoms with Gasteiger partial charge in [-0.2, -0.15) is 0 Å². The van der Waals surface area contributed by atoms with Crippen LogP contribution in [0.1, 0.15) is 11.1 Å². The fourth-order valence-electron chi connectivity index (χ4n) is 7.88. The molecule has 0 bridgehead atoms. The standard InChI is InChI=1S/C44H31BN2OS/c1-28-19-22-31(23-20-28)46(38-17-10-14-34-33-13-6-9-18-41(33)49-44(34)38)32-24-25-36-40(27-32)48-39-26-21-29(2)43-42(39)45(36)35-15-7-8-16-37(35)47(43)30-11-4-3-5-12-30/h3-27H,1-2H3. The summed E-state index contributed by atoms with van der Waals surface area (Å²) < 4.78 is 9.52. The first kappa shape index (κ1) is 28.3. The summed E-state index contributed by atoms with van der Waals surface area (Å²) in [6.07, 6.45) is 0. The highest BCUT2D eigenvalue weighted by Gasteiger charge is 2.42. The molecule has 8 aromatic rings. The van der Waals surface area contributed by atoms with Crippen LogP contribution in [0.25, 0.3) is 20.2 Å². The lowest BCUT2D eigenvalue weighted by Crippen LogP contribution is -2.59. The summed E-state index contributed by atoms with van der Waals surface area (Å²) in [5, 5.41) is 2.58. The van der Waals surface area contributed by atoms with Crippen LogP contribution < -0.4 is 30.9 Å². The van der Waals surface area contributed by atoms with E-state index in [2.05, 4.69) is 175 Å². The number of benzene rings is 7. The summed E-state index contributed by atoms with van der Waals surface area (Å²) in [5.41, 5.74) is 13.1. The molecule has 0 radical (unpaired) electrons. The molecule has 0 amide bonds. The lowest BCUT2D eigenvalue weighted by molar-refractivity contribution is 0.487. The van der Waals surface area contributed by atoms with E-state index in [1.807, 2.05) is 11.3 Å². The number of anilines is 6. The van der Waals surface area contributed by atoms with Gasteiger partial charge < -0.3 is 14.5 Å². The number of para-hydroxylation sites is 2. The number of rotatable bonds is 4. The highest BCUT2D eigenvalue weighted by Crippen LogP contribution is 2.47. The first-order valence-electron chi connectivity index (χ1n) is 16.8. The van der Waals surface area contributed by atoms with Crippen molar-refractivity contribution < 1.29 is 4.74 Å². The minimum absolute atomic E-state index is 0.0534. The third-order valence-electron chi connectivity index (χ3n) is 10.1. The average Bonchev–Trinajstić information content (AvgIpc) is 3.53. The summed E-state index contributed by atoms with van der Waals surface area (Å²) in [4.78, 5) is 4.80. The molecular weight excluding hydrogens is 615 g/mol. The molecule has 1 aromatic heterocycles. The zero-order valence-corrected chi connectivity index (χ0v) is 28.0. The molecule has 0 fully saturated rings. The van der Waals surface area contributed by atoms with Crippen molar-refractivity contribution in [2.45, 2.75) is 13.8 Å². The molecule has 7 aromatic carbocycles. The zero-order valence-electron chi connectivity index (χ0n) is 27.2. The van der Waals surface area contributed by atoms with E-state index in [9.17, 15) is 0 Å². The Kier molecular flexibility index (Phi) is 6.27. The third kappa shape index (κ3) is 4.29. The van der Waals surface area contributed by atoms with Gasteiger partial charge in [0.15, 0.2) is 0 Å². The van der Waals surface area contributed by atoms with Crippen LogP contribution in [0.15, 0.2) is 152 Å². The summed E-state index contributed by atoms with van der Waals surface area (Å²) in [7, 11) is 0. The Bertz CT molecular complexity index is 2580. The summed E-state index contributed by atoms with van der Waals surface area (Å²) in [6, 6.07) is 54.9. The van der Waals surface area contributed by atoms with E-state index in [1.165, 1.54) is 59.1 Å². The number of thiophene rings is 1. The second kappa shape index (κ2) is 10.9. The topological polar surface area (TPSA) is 15.7 Å².